The van der Waals surface area contributed by atoms with Gasteiger partial charge in [-0.1, -0.05) is 29.4 Å². The molecule has 0 amide bonds. The molecule has 4 aliphatic heterocycles. The van der Waals surface area contributed by atoms with Crippen molar-refractivity contribution in [1.82, 2.24) is 0 Å². The number of halogens is 1. The van der Waals surface area contributed by atoms with E-state index in [-0.39, 0.29) is 127 Å². The number of carbonyl (C=O) groups excluding carboxylic acids is 2. The Morgan fingerprint density at radius 2 is 1.50 bits per heavy atom. The van der Waals surface area contributed by atoms with Crippen molar-refractivity contribution in [2.75, 3.05) is 0 Å². The van der Waals surface area contributed by atoms with Crippen molar-refractivity contribution in [3.05, 3.63) is 35.0 Å². The van der Waals surface area contributed by atoms with E-state index in [1.807, 2.05) is 26.0 Å². The van der Waals surface area contributed by atoms with Crippen LogP contribution in [0.1, 0.15) is 92.9 Å². The molecule has 5 fully saturated rings. The molecular weight excluding hydrogens is 881 g/mol. The van der Waals surface area contributed by atoms with Crippen LogP contribution in [-0.4, -0.2) is 98.6 Å². The second-order valence-corrected chi connectivity index (χ2v) is 14.2. The predicted octanol–water partition coefficient (Wildman–Crippen LogP) is 5.11. The first-order valence-electron chi connectivity index (χ1n) is 16.1. The van der Waals surface area contributed by atoms with E-state index in [2.05, 4.69) is 34.0 Å². The molecule has 252 valence electrons. The van der Waals surface area contributed by atoms with Crippen LogP contribution in [0.4, 0.5) is 0 Å². The molecule has 13 atom stereocenters. The van der Waals surface area contributed by atoms with Crippen molar-refractivity contribution in [2.24, 2.45) is 0 Å². The number of hydrogen-bond acceptors (Lipinski definition) is 8. The van der Waals surface area contributed by atoms with Gasteiger partial charge in [-0.3, -0.25) is 9.59 Å². The molecule has 10 nitrogen and oxygen atoms in total. The fourth-order valence-corrected chi connectivity index (χ4v) is 8.77. The third-order valence-electron chi connectivity index (χ3n) is 9.62. The van der Waals surface area contributed by atoms with E-state index >= 15 is 0 Å². The van der Waals surface area contributed by atoms with Crippen LogP contribution in [0.3, 0.4) is 0 Å². The van der Waals surface area contributed by atoms with Gasteiger partial charge in [0, 0.05) is 92.9 Å². The van der Waals surface area contributed by atoms with Gasteiger partial charge < -0.3 is 38.1 Å². The fraction of sp³-hybridized carbons (Fsp3) is 0.818. The summed E-state index contributed by atoms with van der Waals surface area (Å²) in [5.41, 5.74) is -0.661. The smallest absolute Gasteiger partial charge is 0.303 e. The Bertz CT molecular complexity index is 1190. The van der Waals surface area contributed by atoms with Crippen LogP contribution in [-0.2, 0) is 38.0 Å². The Morgan fingerprint density at radius 3 is 2.09 bits per heavy atom. The minimum absolute atomic E-state index is 0. The van der Waals surface area contributed by atoms with E-state index in [9.17, 15) is 9.59 Å². The minimum Gasteiger partial charge on any atom is -0.459 e. The number of nitrogens with zero attached hydrogens (tertiary/aromatic N) is 2. The molecule has 0 N–H and O–H groups in total. The van der Waals surface area contributed by atoms with Crippen LogP contribution in [0.2, 0.25) is 0 Å². The van der Waals surface area contributed by atoms with Crippen LogP contribution >= 0.6 is 15.9 Å². The second kappa shape index (κ2) is 17.2. The summed E-state index contributed by atoms with van der Waals surface area (Å²) in [7, 11) is 3.75. The molecule has 6 rings (SSSR count). The van der Waals surface area contributed by atoms with Gasteiger partial charge in [-0.2, -0.15) is 0 Å². The van der Waals surface area contributed by atoms with Gasteiger partial charge >= 0.3 is 11.9 Å². The summed E-state index contributed by atoms with van der Waals surface area (Å²) in [5.74, 6) is -0.558. The van der Waals surface area contributed by atoms with Gasteiger partial charge in [-0.25, -0.2) is 13.1 Å². The first-order chi connectivity index (χ1) is 21.5. The molecule has 4 heterocycles. The molecule has 2 radical (unpaired) electrons. The van der Waals surface area contributed by atoms with Crippen molar-refractivity contribution in [3.8, 4) is 0 Å². The Hall–Kier alpha value is -0.903. The molecule has 13 heteroatoms. The van der Waals surface area contributed by atoms with E-state index in [0.29, 0.717) is 0 Å². The zero-order valence-corrected chi connectivity index (χ0v) is 32.2. The largest absolute Gasteiger partial charge is 0.459 e. The van der Waals surface area contributed by atoms with Crippen LogP contribution in [0.25, 0.3) is 9.69 Å². The minimum atomic E-state index is -0.383. The van der Waals surface area contributed by atoms with E-state index in [0.717, 1.165) is 57.8 Å². The molecule has 1 saturated carbocycles. The molecule has 0 aromatic rings. The summed E-state index contributed by atoms with van der Waals surface area (Å²) in [5, 5.41) is 0. The summed E-state index contributed by atoms with van der Waals surface area (Å²) in [6.45, 7) is 20.9. The number of alkyl halides is 1. The number of carbonyl (C=O) groups is 2. The van der Waals surface area contributed by atoms with Gasteiger partial charge in [0.25, 0.3) is 0 Å². The molecule has 6 aliphatic rings. The number of hydrogen-bond donors (Lipinski definition) is 0. The van der Waals surface area contributed by atoms with Crippen LogP contribution in [0, 0.1) is 44.3 Å². The summed E-state index contributed by atoms with van der Waals surface area (Å²) < 4.78 is 40.9. The normalized spacial score (nSPS) is 40.7. The van der Waals surface area contributed by atoms with Crippen LogP contribution < -0.4 is 0 Å². The Labute approximate surface area is 309 Å². The Balaban J connectivity index is 0.000000299. The first-order valence-corrected chi connectivity index (χ1v) is 16.4. The van der Waals surface area contributed by atoms with Gasteiger partial charge in [0.05, 0.1) is 40.9 Å². The van der Waals surface area contributed by atoms with Gasteiger partial charge in [0.15, 0.2) is 0 Å². The maximum atomic E-state index is 11.3. The van der Waals surface area contributed by atoms with Crippen molar-refractivity contribution in [1.29, 1.82) is 1.34 Å². The van der Waals surface area contributed by atoms with Gasteiger partial charge in [0.1, 0.15) is 23.9 Å². The van der Waals surface area contributed by atoms with E-state index in [4.69, 9.17) is 42.9 Å². The summed E-state index contributed by atoms with van der Waals surface area (Å²) in [4.78, 5) is 29.6. The number of ether oxygens (including phenoxy) is 6. The zero-order chi connectivity index (χ0) is 32.9. The molecule has 4 saturated heterocycles. The average Bonchev–Trinajstić information content (AvgIpc) is 3.49. The summed E-state index contributed by atoms with van der Waals surface area (Å²) in [6, 6.07) is -0.0179. The monoisotopic (exact) mass is 929 g/mol. The Kier molecular flexibility index (Phi) is 14.7. The van der Waals surface area contributed by atoms with Gasteiger partial charge in [-0.15, -0.1) is 0 Å². The van der Waals surface area contributed by atoms with Crippen LogP contribution in [0.15, 0.2) is 12.2 Å². The molecule has 2 aliphatic carbocycles. The Morgan fingerprint density at radius 1 is 0.935 bits per heavy atom. The molecule has 46 heavy (non-hydrogen) atoms. The zero-order valence-electron chi connectivity index (χ0n) is 27.5. The molecule has 0 aromatic carbocycles. The maximum absolute atomic E-state index is 11.3. The average molecular weight is 931 g/mol. The number of fused-ring (bicyclic) bond motifs is 2. The fourth-order valence-electron chi connectivity index (χ4n) is 7.77. The summed E-state index contributed by atoms with van der Waals surface area (Å²) in [6.07, 6.45) is 11.1. The quantitative estimate of drug-likeness (QED) is 0.119. The molecular formula is C33H48BBrN2O8U. The molecule has 4 bridgehead atoms. The van der Waals surface area contributed by atoms with E-state index in [1.54, 1.807) is 0 Å². The third kappa shape index (κ3) is 9.00. The van der Waals surface area contributed by atoms with Crippen molar-refractivity contribution >= 4 is 36.2 Å². The van der Waals surface area contributed by atoms with Gasteiger partial charge in [-0.05, 0) is 39.5 Å². The predicted molar refractivity (Wildman–Crippen MR) is 173 cm³/mol. The summed E-state index contributed by atoms with van der Waals surface area (Å²) >= 11 is 3.66. The molecule has 0 aromatic heterocycles. The van der Waals surface area contributed by atoms with Crippen molar-refractivity contribution in [2.45, 2.75) is 170 Å². The van der Waals surface area contributed by atoms with Crippen molar-refractivity contribution < 1.29 is 69.1 Å². The standard InChI is InChI=1S/C16H22BrNO4.C16H21NO4.CH4.BH.U/c1-9(18-3)6-11-4-5-14-16(22-11)7-12(17)15(20-10(2)19)13(8-16)21-14;1-10(17-3)8-12-4-5-15-16(21-12)7-6-13(19-11(2)18)14(9-16)20-15;;;/h9,11-15H,4-8H2,1-2H3;6-7,10,12-15H,4-5,8-9H2,1-2H3;1H4;1H;/t9-,11-,12+,13-,14+,15-,16+;10-,12-,13-,14-,15+,16+;;;/m11.../s1/i;;;1D;. The number of rotatable bonds is 6. The maximum Gasteiger partial charge on any atom is 0.303 e. The first kappa shape index (κ1) is 39.5. The topological polar surface area (TPSA) is 98.2 Å². The van der Waals surface area contributed by atoms with Gasteiger partial charge in [0.2, 0.25) is 12.1 Å². The SMILES string of the molecule is C.[2H][B].[C-]#[N+][C@H](C)C[C@H]1CC[C@@H]2O[C@@H]3C[C@]2(C=C[C@H]3OC(C)=O)O1.[C-]#[N+][C@H](C)C[C@H]1CC[C@@H]2O[C@@H]3C[C@]2(C[C@H](Br)[C@H]3OC(C)=O)O1.[U]. The second-order valence-electron chi connectivity index (χ2n) is 13.0. The number of esters is 2. The van der Waals surface area contributed by atoms with E-state index in [1.165, 1.54) is 13.8 Å². The van der Waals surface area contributed by atoms with Crippen molar-refractivity contribution in [3.63, 3.8) is 0 Å². The molecule has 2 spiro atoms. The third-order valence-corrected chi connectivity index (χ3v) is 10.5. The van der Waals surface area contributed by atoms with Crippen LogP contribution in [0.5, 0.6) is 0 Å². The van der Waals surface area contributed by atoms with E-state index < -0.39 is 0 Å². The molecule has 0 unspecified atom stereocenters.